The molecule has 1 saturated carbocycles. The number of carboxylic acids is 1. The van der Waals surface area contributed by atoms with E-state index in [0.717, 1.165) is 24.1 Å². The zero-order chi connectivity index (χ0) is 13.8. The SMILES string of the molecule is CC1CCCCC1CNc1ccc(C(=O)O)c(Br)c1. The highest BCUT2D eigenvalue weighted by molar-refractivity contribution is 9.10. The predicted molar refractivity (Wildman–Crippen MR) is 80.7 cm³/mol. The Labute approximate surface area is 122 Å². The van der Waals surface area contributed by atoms with Crippen molar-refractivity contribution >= 4 is 27.6 Å². The van der Waals surface area contributed by atoms with Crippen molar-refractivity contribution in [2.24, 2.45) is 11.8 Å². The van der Waals surface area contributed by atoms with Crippen LogP contribution in [0.3, 0.4) is 0 Å². The standard InChI is InChI=1S/C15H20BrNO2/c1-10-4-2-3-5-11(10)9-17-12-6-7-13(15(18)19)14(16)8-12/h6-8,10-11,17H,2-5,9H2,1H3,(H,18,19). The summed E-state index contributed by atoms with van der Waals surface area (Å²) in [6.45, 7) is 3.30. The molecule has 2 N–H and O–H groups in total. The van der Waals surface area contributed by atoms with Crippen molar-refractivity contribution in [3.05, 3.63) is 28.2 Å². The highest BCUT2D eigenvalue weighted by atomic mass is 79.9. The summed E-state index contributed by atoms with van der Waals surface area (Å²) in [5.74, 6) is 0.606. The highest BCUT2D eigenvalue weighted by Crippen LogP contribution is 2.30. The minimum atomic E-state index is -0.903. The van der Waals surface area contributed by atoms with Gasteiger partial charge in [0.1, 0.15) is 0 Å². The molecule has 0 saturated heterocycles. The fourth-order valence-electron chi connectivity index (χ4n) is 2.74. The maximum atomic E-state index is 10.9. The predicted octanol–water partition coefficient (Wildman–Crippen LogP) is 4.39. The summed E-state index contributed by atoms with van der Waals surface area (Å²) in [6, 6.07) is 5.32. The summed E-state index contributed by atoms with van der Waals surface area (Å²) in [7, 11) is 0. The maximum absolute atomic E-state index is 10.9. The first-order valence-electron chi connectivity index (χ1n) is 6.84. The Bertz CT molecular complexity index is 461. The molecule has 0 heterocycles. The molecule has 4 heteroatoms. The fourth-order valence-corrected chi connectivity index (χ4v) is 3.29. The van der Waals surface area contributed by atoms with Crippen LogP contribution in [0.5, 0.6) is 0 Å². The second-order valence-corrected chi connectivity index (χ2v) is 6.26. The third kappa shape index (κ3) is 3.72. The van der Waals surface area contributed by atoms with Gasteiger partial charge >= 0.3 is 5.97 Å². The molecule has 104 valence electrons. The lowest BCUT2D eigenvalue weighted by molar-refractivity contribution is 0.0696. The van der Waals surface area contributed by atoms with Gasteiger partial charge in [0.05, 0.1) is 5.56 Å². The molecule has 1 aliphatic rings. The van der Waals surface area contributed by atoms with Crippen LogP contribution in [0.25, 0.3) is 0 Å². The van der Waals surface area contributed by atoms with Crippen molar-refractivity contribution in [2.45, 2.75) is 32.6 Å². The summed E-state index contributed by atoms with van der Waals surface area (Å²) in [4.78, 5) is 10.9. The molecule has 19 heavy (non-hydrogen) atoms. The summed E-state index contributed by atoms with van der Waals surface area (Å²) >= 11 is 3.30. The number of nitrogens with one attached hydrogen (secondary N) is 1. The lowest BCUT2D eigenvalue weighted by atomic mass is 9.80. The van der Waals surface area contributed by atoms with Gasteiger partial charge in [-0.05, 0) is 52.4 Å². The molecule has 2 rings (SSSR count). The maximum Gasteiger partial charge on any atom is 0.336 e. The Kier molecular flexibility index (Phi) is 4.86. The number of aromatic carboxylic acids is 1. The van der Waals surface area contributed by atoms with Crippen molar-refractivity contribution in [2.75, 3.05) is 11.9 Å². The van der Waals surface area contributed by atoms with Crippen molar-refractivity contribution in [1.82, 2.24) is 0 Å². The summed E-state index contributed by atoms with van der Waals surface area (Å²) in [5, 5.41) is 12.4. The Morgan fingerprint density at radius 3 is 2.79 bits per heavy atom. The zero-order valence-electron chi connectivity index (χ0n) is 11.2. The van der Waals surface area contributed by atoms with Crippen LogP contribution >= 0.6 is 15.9 Å². The van der Waals surface area contributed by atoms with Gasteiger partial charge in [0, 0.05) is 16.7 Å². The van der Waals surface area contributed by atoms with Gasteiger partial charge in [-0.3, -0.25) is 0 Å². The number of rotatable bonds is 4. The number of hydrogen-bond donors (Lipinski definition) is 2. The van der Waals surface area contributed by atoms with Crippen molar-refractivity contribution < 1.29 is 9.90 Å². The van der Waals surface area contributed by atoms with Gasteiger partial charge in [-0.15, -0.1) is 0 Å². The first-order valence-corrected chi connectivity index (χ1v) is 7.64. The average Bonchev–Trinajstić information content (AvgIpc) is 2.37. The van der Waals surface area contributed by atoms with Gasteiger partial charge in [0.15, 0.2) is 0 Å². The third-order valence-corrected chi connectivity index (χ3v) is 4.71. The molecule has 2 unspecified atom stereocenters. The van der Waals surface area contributed by atoms with Crippen LogP contribution < -0.4 is 5.32 Å². The highest BCUT2D eigenvalue weighted by Gasteiger charge is 2.20. The van der Waals surface area contributed by atoms with Gasteiger partial charge in [0.25, 0.3) is 0 Å². The van der Waals surface area contributed by atoms with E-state index in [1.165, 1.54) is 25.7 Å². The van der Waals surface area contributed by atoms with Crippen LogP contribution in [0.1, 0.15) is 43.0 Å². The smallest absolute Gasteiger partial charge is 0.336 e. The number of halogens is 1. The van der Waals surface area contributed by atoms with E-state index < -0.39 is 5.97 Å². The Hall–Kier alpha value is -1.03. The second kappa shape index (κ2) is 6.42. The zero-order valence-corrected chi connectivity index (χ0v) is 12.7. The molecular weight excluding hydrogens is 306 g/mol. The molecule has 3 nitrogen and oxygen atoms in total. The van der Waals surface area contributed by atoms with Crippen LogP contribution in [-0.4, -0.2) is 17.6 Å². The molecular formula is C15H20BrNO2. The summed E-state index contributed by atoms with van der Waals surface area (Å²) in [5.41, 5.74) is 1.28. The van der Waals surface area contributed by atoms with E-state index in [-0.39, 0.29) is 0 Å². The molecule has 0 amide bonds. The Morgan fingerprint density at radius 1 is 1.42 bits per heavy atom. The van der Waals surface area contributed by atoms with Crippen molar-refractivity contribution in [1.29, 1.82) is 0 Å². The largest absolute Gasteiger partial charge is 0.478 e. The van der Waals surface area contributed by atoms with E-state index >= 15 is 0 Å². The van der Waals surface area contributed by atoms with Crippen molar-refractivity contribution in [3.8, 4) is 0 Å². The number of benzene rings is 1. The molecule has 1 aliphatic carbocycles. The normalized spacial score (nSPS) is 23.1. The van der Waals surface area contributed by atoms with Crippen LogP contribution in [0.15, 0.2) is 22.7 Å². The van der Waals surface area contributed by atoms with Gasteiger partial charge in [-0.1, -0.05) is 26.2 Å². The quantitative estimate of drug-likeness (QED) is 0.863. The van der Waals surface area contributed by atoms with E-state index in [9.17, 15) is 4.79 Å². The third-order valence-electron chi connectivity index (χ3n) is 4.06. The molecule has 0 aliphatic heterocycles. The van der Waals surface area contributed by atoms with E-state index in [2.05, 4.69) is 28.2 Å². The number of anilines is 1. The first kappa shape index (κ1) is 14.4. The number of carbonyl (C=O) groups is 1. The first-order chi connectivity index (χ1) is 9.08. The second-order valence-electron chi connectivity index (χ2n) is 5.40. The topological polar surface area (TPSA) is 49.3 Å². The van der Waals surface area contributed by atoms with Gasteiger partial charge < -0.3 is 10.4 Å². The summed E-state index contributed by atoms with van der Waals surface area (Å²) in [6.07, 6.45) is 5.31. The van der Waals surface area contributed by atoms with Crippen LogP contribution in [0, 0.1) is 11.8 Å². The number of hydrogen-bond acceptors (Lipinski definition) is 2. The van der Waals surface area contributed by atoms with Gasteiger partial charge in [-0.2, -0.15) is 0 Å². The average molecular weight is 326 g/mol. The molecule has 0 spiro atoms. The van der Waals surface area contributed by atoms with E-state index in [0.29, 0.717) is 10.0 Å². The lowest BCUT2D eigenvalue weighted by Gasteiger charge is -2.29. The monoisotopic (exact) mass is 325 g/mol. The van der Waals surface area contributed by atoms with Crippen molar-refractivity contribution in [3.63, 3.8) is 0 Å². The van der Waals surface area contributed by atoms with E-state index in [4.69, 9.17) is 5.11 Å². The molecule has 1 fully saturated rings. The lowest BCUT2D eigenvalue weighted by Crippen LogP contribution is -2.24. The van der Waals surface area contributed by atoms with E-state index in [1.807, 2.05) is 12.1 Å². The van der Waals surface area contributed by atoms with Crippen LogP contribution in [-0.2, 0) is 0 Å². The molecule has 0 aromatic heterocycles. The van der Waals surface area contributed by atoms with Crippen LogP contribution in [0.2, 0.25) is 0 Å². The number of carboxylic acid groups (broad SMARTS) is 1. The Balaban J connectivity index is 1.96. The molecule has 2 atom stereocenters. The fraction of sp³-hybridized carbons (Fsp3) is 0.533. The molecule has 1 aromatic rings. The minimum absolute atomic E-state index is 0.302. The van der Waals surface area contributed by atoms with Gasteiger partial charge in [-0.25, -0.2) is 4.79 Å². The van der Waals surface area contributed by atoms with E-state index in [1.54, 1.807) is 6.07 Å². The molecule has 1 aromatic carbocycles. The molecule has 0 radical (unpaired) electrons. The molecule has 0 bridgehead atoms. The summed E-state index contributed by atoms with van der Waals surface area (Å²) < 4.78 is 0.627. The minimum Gasteiger partial charge on any atom is -0.478 e. The Morgan fingerprint density at radius 2 is 2.16 bits per heavy atom. The van der Waals surface area contributed by atoms with Gasteiger partial charge in [0.2, 0.25) is 0 Å². The van der Waals surface area contributed by atoms with Crippen LogP contribution in [0.4, 0.5) is 5.69 Å².